The Hall–Kier alpha value is -2.31. The van der Waals surface area contributed by atoms with Gasteiger partial charge in [-0.05, 0) is 6.42 Å². The minimum Gasteiger partial charge on any atom is -0.478 e. The molecule has 0 aliphatic rings. The molecule has 0 spiro atoms. The van der Waals surface area contributed by atoms with Crippen LogP contribution >= 0.6 is 0 Å². The molecule has 0 aliphatic heterocycles. The van der Waals surface area contributed by atoms with Gasteiger partial charge < -0.3 is 20.2 Å². The van der Waals surface area contributed by atoms with E-state index in [2.05, 4.69) is 27.2 Å². The van der Waals surface area contributed by atoms with Crippen LogP contribution < -0.4 is 15.8 Å². The highest BCUT2D eigenvalue weighted by Gasteiger charge is 2.08. The Labute approximate surface area is 111 Å². The van der Waals surface area contributed by atoms with Gasteiger partial charge in [0.25, 0.3) is 0 Å². The van der Waals surface area contributed by atoms with Gasteiger partial charge in [-0.25, -0.2) is 9.97 Å². The molecule has 7 heteroatoms. The first-order valence-corrected chi connectivity index (χ1v) is 6.17. The third-order valence-electron chi connectivity index (χ3n) is 2.43. The van der Waals surface area contributed by atoms with Gasteiger partial charge in [-0.1, -0.05) is 13.3 Å². The molecule has 0 radical (unpaired) electrons. The molecule has 0 atom stereocenters. The average Bonchev–Trinajstić information content (AvgIpc) is 2.91. The number of nitrogens with two attached hydrogens (primary N) is 1. The minimum absolute atomic E-state index is 0.211. The topological polar surface area (TPSA) is 99.1 Å². The van der Waals surface area contributed by atoms with Gasteiger partial charge >= 0.3 is 0 Å². The number of anilines is 2. The predicted octanol–water partition coefficient (Wildman–Crippen LogP) is 1.84. The van der Waals surface area contributed by atoms with E-state index in [9.17, 15) is 0 Å². The summed E-state index contributed by atoms with van der Waals surface area (Å²) in [6.07, 6.45) is 6.75. The molecular formula is C12H17N5O2. The SMILES string of the molecule is CCCCNc1nc(N)ncc1OCc1ncco1. The molecule has 0 aliphatic carbocycles. The van der Waals surface area contributed by atoms with E-state index < -0.39 is 0 Å². The first-order chi connectivity index (χ1) is 9.29. The van der Waals surface area contributed by atoms with Gasteiger partial charge in [-0.2, -0.15) is 4.98 Å². The van der Waals surface area contributed by atoms with E-state index in [0.717, 1.165) is 19.4 Å². The van der Waals surface area contributed by atoms with Crippen molar-refractivity contribution in [3.05, 3.63) is 24.5 Å². The smallest absolute Gasteiger partial charge is 0.232 e. The third kappa shape index (κ3) is 3.84. The molecule has 19 heavy (non-hydrogen) atoms. The summed E-state index contributed by atoms with van der Waals surface area (Å²) in [6.45, 7) is 3.15. The molecule has 102 valence electrons. The maximum atomic E-state index is 5.57. The molecule has 0 aromatic carbocycles. The van der Waals surface area contributed by atoms with Gasteiger partial charge in [0.05, 0.1) is 12.4 Å². The number of rotatable bonds is 7. The Morgan fingerprint density at radius 1 is 1.42 bits per heavy atom. The fourth-order valence-corrected chi connectivity index (χ4v) is 1.46. The van der Waals surface area contributed by atoms with Crippen molar-refractivity contribution in [3.63, 3.8) is 0 Å². The maximum absolute atomic E-state index is 5.57. The van der Waals surface area contributed by atoms with Gasteiger partial charge in [0, 0.05) is 6.54 Å². The van der Waals surface area contributed by atoms with E-state index in [1.807, 2.05) is 0 Å². The van der Waals surface area contributed by atoms with E-state index in [4.69, 9.17) is 14.9 Å². The second-order valence-electron chi connectivity index (χ2n) is 3.94. The third-order valence-corrected chi connectivity index (χ3v) is 2.43. The molecule has 0 fully saturated rings. The Morgan fingerprint density at radius 2 is 2.32 bits per heavy atom. The van der Waals surface area contributed by atoms with Crippen molar-refractivity contribution in [3.8, 4) is 5.75 Å². The fourth-order valence-electron chi connectivity index (χ4n) is 1.46. The van der Waals surface area contributed by atoms with Crippen molar-refractivity contribution >= 4 is 11.8 Å². The van der Waals surface area contributed by atoms with E-state index in [-0.39, 0.29) is 12.6 Å². The molecule has 0 unspecified atom stereocenters. The number of hydrogen-bond donors (Lipinski definition) is 2. The van der Waals surface area contributed by atoms with Crippen molar-refractivity contribution < 1.29 is 9.15 Å². The van der Waals surface area contributed by atoms with Crippen LogP contribution in [0.25, 0.3) is 0 Å². The summed E-state index contributed by atoms with van der Waals surface area (Å²) in [4.78, 5) is 12.0. The summed E-state index contributed by atoms with van der Waals surface area (Å²) in [6, 6.07) is 0. The van der Waals surface area contributed by atoms with Crippen LogP contribution in [0.15, 0.2) is 23.1 Å². The molecule has 0 amide bonds. The van der Waals surface area contributed by atoms with Crippen LogP contribution in [-0.4, -0.2) is 21.5 Å². The highest BCUT2D eigenvalue weighted by atomic mass is 16.5. The zero-order valence-corrected chi connectivity index (χ0v) is 10.8. The summed E-state index contributed by atoms with van der Waals surface area (Å²) in [5, 5.41) is 3.18. The lowest BCUT2D eigenvalue weighted by Gasteiger charge is -2.11. The first-order valence-electron chi connectivity index (χ1n) is 6.17. The van der Waals surface area contributed by atoms with E-state index in [0.29, 0.717) is 17.5 Å². The number of nitrogens with zero attached hydrogens (tertiary/aromatic N) is 3. The maximum Gasteiger partial charge on any atom is 0.232 e. The van der Waals surface area contributed by atoms with Crippen molar-refractivity contribution in [2.45, 2.75) is 26.4 Å². The van der Waals surface area contributed by atoms with E-state index in [1.165, 1.54) is 6.26 Å². The highest BCUT2D eigenvalue weighted by molar-refractivity contribution is 5.51. The number of nitrogens with one attached hydrogen (secondary N) is 1. The molecule has 2 heterocycles. The lowest BCUT2D eigenvalue weighted by atomic mass is 10.3. The van der Waals surface area contributed by atoms with Gasteiger partial charge in [0.2, 0.25) is 11.8 Å². The summed E-state index contributed by atoms with van der Waals surface area (Å²) in [5.41, 5.74) is 5.57. The Bertz CT molecular complexity index is 501. The molecule has 0 saturated carbocycles. The van der Waals surface area contributed by atoms with Crippen molar-refractivity contribution in [1.29, 1.82) is 0 Å². The summed E-state index contributed by atoms with van der Waals surface area (Å²) >= 11 is 0. The Balaban J connectivity index is 2.01. The normalized spacial score (nSPS) is 10.4. The largest absolute Gasteiger partial charge is 0.478 e. The molecule has 3 N–H and O–H groups in total. The number of hydrogen-bond acceptors (Lipinski definition) is 7. The van der Waals surface area contributed by atoms with E-state index >= 15 is 0 Å². The highest BCUT2D eigenvalue weighted by Crippen LogP contribution is 2.22. The van der Waals surface area contributed by atoms with Crippen LogP contribution in [0, 0.1) is 0 Å². The molecule has 2 aromatic rings. The quantitative estimate of drug-likeness (QED) is 0.735. The van der Waals surface area contributed by atoms with Crippen molar-refractivity contribution in [1.82, 2.24) is 15.0 Å². The van der Waals surface area contributed by atoms with Crippen LogP contribution in [0.2, 0.25) is 0 Å². The number of nitrogen functional groups attached to an aromatic ring is 1. The monoisotopic (exact) mass is 263 g/mol. The molecule has 0 saturated heterocycles. The van der Waals surface area contributed by atoms with Crippen LogP contribution in [0.5, 0.6) is 5.75 Å². The van der Waals surface area contributed by atoms with Gasteiger partial charge in [-0.3, -0.25) is 0 Å². The van der Waals surface area contributed by atoms with Crippen molar-refractivity contribution in [2.24, 2.45) is 0 Å². The predicted molar refractivity (Wildman–Crippen MR) is 70.7 cm³/mol. The van der Waals surface area contributed by atoms with E-state index in [1.54, 1.807) is 12.4 Å². The van der Waals surface area contributed by atoms with Crippen molar-refractivity contribution in [2.75, 3.05) is 17.6 Å². The Morgan fingerprint density at radius 3 is 3.05 bits per heavy atom. The Kier molecular flexibility index (Phi) is 4.54. The van der Waals surface area contributed by atoms with Gasteiger partial charge in [0.1, 0.15) is 6.26 Å². The van der Waals surface area contributed by atoms with Crippen LogP contribution in [0.4, 0.5) is 11.8 Å². The lowest BCUT2D eigenvalue weighted by Crippen LogP contribution is -2.08. The number of unbranched alkanes of at least 4 members (excludes halogenated alkanes) is 1. The van der Waals surface area contributed by atoms with Crippen LogP contribution in [0.3, 0.4) is 0 Å². The lowest BCUT2D eigenvalue weighted by molar-refractivity contribution is 0.262. The zero-order valence-electron chi connectivity index (χ0n) is 10.8. The molecule has 7 nitrogen and oxygen atoms in total. The molecule has 2 aromatic heterocycles. The molecule has 2 rings (SSSR count). The average molecular weight is 263 g/mol. The number of oxazole rings is 1. The second-order valence-corrected chi connectivity index (χ2v) is 3.94. The van der Waals surface area contributed by atoms with Gasteiger partial charge in [-0.15, -0.1) is 0 Å². The summed E-state index contributed by atoms with van der Waals surface area (Å²) < 4.78 is 10.7. The van der Waals surface area contributed by atoms with Crippen LogP contribution in [-0.2, 0) is 6.61 Å². The second kappa shape index (κ2) is 6.58. The minimum atomic E-state index is 0.211. The zero-order chi connectivity index (χ0) is 13.5. The standard InChI is InChI=1S/C12H17N5O2/c1-2-3-4-15-11-9(7-16-12(13)17-11)19-8-10-14-5-6-18-10/h5-7H,2-4,8H2,1H3,(H3,13,15,16,17). The van der Waals surface area contributed by atoms with Gasteiger partial charge in [0.15, 0.2) is 18.2 Å². The van der Waals surface area contributed by atoms with Crippen LogP contribution in [0.1, 0.15) is 25.7 Å². The summed E-state index contributed by atoms with van der Waals surface area (Å²) in [5.74, 6) is 1.83. The molecule has 0 bridgehead atoms. The summed E-state index contributed by atoms with van der Waals surface area (Å²) in [7, 11) is 0. The molecular weight excluding hydrogens is 246 g/mol. The fraction of sp³-hybridized carbons (Fsp3) is 0.417. The first kappa shape index (κ1) is 13.1. The number of aromatic nitrogens is 3. The number of ether oxygens (including phenoxy) is 1.